The van der Waals surface area contributed by atoms with Crippen LogP contribution in [0.15, 0.2) is 60.7 Å². The molecule has 0 heterocycles. The first kappa shape index (κ1) is 35.8. The van der Waals surface area contributed by atoms with Crippen LogP contribution in [0.4, 0.5) is 0 Å². The summed E-state index contributed by atoms with van der Waals surface area (Å²) in [5, 5.41) is 22.0. The molecule has 2 aromatic rings. The lowest BCUT2D eigenvalue weighted by Gasteiger charge is -2.63. The van der Waals surface area contributed by atoms with Crippen molar-refractivity contribution in [3.8, 4) is 0 Å². The Bertz CT molecular complexity index is 1340. The van der Waals surface area contributed by atoms with E-state index in [2.05, 4.69) is 102 Å². The molecule has 264 valence electrons. The molecule has 4 aliphatic carbocycles. The summed E-state index contributed by atoms with van der Waals surface area (Å²) in [6.07, 6.45) is 10.7. The normalized spacial score (nSPS) is 35.7. The summed E-state index contributed by atoms with van der Waals surface area (Å²) < 4.78 is 14.4. The standard InChI is InChI=1S/C42H62O5Si/c1-29(17-20-38(44)45)34-18-19-35-39-36(22-24-42(34,35)6)41(5)23-21-31(27-30(41)28-37(39)46-26-25-43)47-48(40(2,3)4,32-13-9-7-10-14-32)33-15-11-8-12-16-33/h7-16,29-31,34-37,39,43H,17-28H2,1-6H3,(H,44,45)/t29-,30?,31?,34?,35?,36?,37?,39?,41?,42?/m1/s1. The number of fused-ring (bicyclic) bond motifs is 5. The van der Waals surface area contributed by atoms with Crippen molar-refractivity contribution in [1.82, 2.24) is 0 Å². The summed E-state index contributed by atoms with van der Waals surface area (Å²) in [5.41, 5.74) is 0.482. The van der Waals surface area contributed by atoms with Gasteiger partial charge in [-0.05, 0) is 120 Å². The van der Waals surface area contributed by atoms with Crippen LogP contribution in [0.5, 0.6) is 0 Å². The van der Waals surface area contributed by atoms with Gasteiger partial charge in [-0.3, -0.25) is 4.79 Å². The Hall–Kier alpha value is -1.99. The molecule has 5 nitrogen and oxygen atoms in total. The number of benzene rings is 2. The molecule has 0 saturated heterocycles. The third-order valence-corrected chi connectivity index (χ3v) is 19.5. The number of ether oxygens (including phenoxy) is 1. The summed E-state index contributed by atoms with van der Waals surface area (Å²) in [5.74, 6) is 2.55. The maximum atomic E-state index is 11.4. The third kappa shape index (κ3) is 6.26. The molecule has 0 bridgehead atoms. The van der Waals surface area contributed by atoms with Crippen molar-refractivity contribution in [3.63, 3.8) is 0 Å². The van der Waals surface area contributed by atoms with Crippen LogP contribution in [-0.2, 0) is 14.0 Å². The van der Waals surface area contributed by atoms with Crippen LogP contribution in [-0.4, -0.2) is 49.9 Å². The number of carbonyl (C=O) groups is 1. The molecule has 0 aliphatic heterocycles. The number of hydrogen-bond donors (Lipinski definition) is 2. The number of aliphatic hydroxyl groups excluding tert-OH is 1. The Balaban J connectivity index is 1.29. The van der Waals surface area contributed by atoms with Crippen molar-refractivity contribution in [1.29, 1.82) is 0 Å². The Labute approximate surface area is 291 Å². The van der Waals surface area contributed by atoms with Crippen LogP contribution in [0.1, 0.15) is 106 Å². The zero-order valence-corrected chi connectivity index (χ0v) is 31.5. The highest BCUT2D eigenvalue weighted by atomic mass is 28.4. The lowest BCUT2D eigenvalue weighted by atomic mass is 9.43. The highest BCUT2D eigenvalue weighted by molar-refractivity contribution is 6.99. The van der Waals surface area contributed by atoms with E-state index in [-0.39, 0.29) is 41.1 Å². The number of hydrogen-bond acceptors (Lipinski definition) is 4. The highest BCUT2D eigenvalue weighted by Crippen LogP contribution is 2.69. The van der Waals surface area contributed by atoms with Gasteiger partial charge in [0.25, 0.3) is 8.32 Å². The summed E-state index contributed by atoms with van der Waals surface area (Å²) in [7, 11) is -2.65. The van der Waals surface area contributed by atoms with E-state index in [4.69, 9.17) is 9.16 Å². The predicted molar refractivity (Wildman–Crippen MR) is 196 cm³/mol. The number of carboxylic acid groups (broad SMARTS) is 1. The van der Waals surface area contributed by atoms with Crippen molar-refractivity contribution in [2.75, 3.05) is 13.2 Å². The molecule has 10 atom stereocenters. The maximum Gasteiger partial charge on any atom is 0.303 e. The molecular weight excluding hydrogens is 613 g/mol. The minimum Gasteiger partial charge on any atom is -0.481 e. The molecule has 4 fully saturated rings. The molecule has 0 aromatic heterocycles. The minimum absolute atomic E-state index is 0.0463. The molecule has 48 heavy (non-hydrogen) atoms. The van der Waals surface area contributed by atoms with Crippen LogP contribution >= 0.6 is 0 Å². The Morgan fingerprint density at radius 3 is 2.08 bits per heavy atom. The first-order valence-corrected chi connectivity index (χ1v) is 21.0. The summed E-state index contributed by atoms with van der Waals surface area (Å²) >= 11 is 0. The van der Waals surface area contributed by atoms with Crippen LogP contribution in [0.3, 0.4) is 0 Å². The van der Waals surface area contributed by atoms with Gasteiger partial charge in [-0.15, -0.1) is 0 Å². The molecule has 6 rings (SSSR count). The molecule has 0 radical (unpaired) electrons. The number of aliphatic hydroxyl groups is 1. The minimum atomic E-state index is -2.65. The molecule has 2 aromatic carbocycles. The van der Waals surface area contributed by atoms with Gasteiger partial charge in [-0.2, -0.15) is 0 Å². The molecule has 2 N–H and O–H groups in total. The SMILES string of the molecule is C[C@H](CCC(=O)O)C1CCC2C3C(OCCO)CC4CC(O[Si](c5ccccc5)(c5ccccc5)C(C)(C)C)CCC4(C)C3CCC21C. The van der Waals surface area contributed by atoms with Crippen molar-refractivity contribution in [2.24, 2.45) is 46.3 Å². The van der Waals surface area contributed by atoms with Gasteiger partial charge in [0.2, 0.25) is 0 Å². The number of rotatable bonds is 11. The van der Waals surface area contributed by atoms with Gasteiger partial charge in [-0.25, -0.2) is 0 Å². The average molecular weight is 675 g/mol. The zero-order valence-electron chi connectivity index (χ0n) is 30.5. The monoisotopic (exact) mass is 674 g/mol. The fraction of sp³-hybridized carbons (Fsp3) is 0.690. The lowest BCUT2D eigenvalue weighted by molar-refractivity contribution is -0.189. The summed E-state index contributed by atoms with van der Waals surface area (Å²) in [4.78, 5) is 11.4. The molecule has 9 unspecified atom stereocenters. The van der Waals surface area contributed by atoms with Crippen LogP contribution in [0.25, 0.3) is 0 Å². The van der Waals surface area contributed by atoms with Crippen molar-refractivity contribution < 1.29 is 24.2 Å². The van der Waals surface area contributed by atoms with Crippen LogP contribution in [0, 0.1) is 46.3 Å². The van der Waals surface area contributed by atoms with E-state index in [9.17, 15) is 15.0 Å². The van der Waals surface area contributed by atoms with Gasteiger partial charge in [0.1, 0.15) is 0 Å². The van der Waals surface area contributed by atoms with Gasteiger partial charge < -0.3 is 19.4 Å². The van der Waals surface area contributed by atoms with E-state index in [0.29, 0.717) is 42.1 Å². The van der Waals surface area contributed by atoms with Gasteiger partial charge in [0.15, 0.2) is 0 Å². The fourth-order valence-corrected chi connectivity index (χ4v) is 16.8. The van der Waals surface area contributed by atoms with Crippen LogP contribution in [0.2, 0.25) is 5.04 Å². The van der Waals surface area contributed by atoms with E-state index in [1.54, 1.807) is 0 Å². The number of carboxylic acids is 1. The van der Waals surface area contributed by atoms with Gasteiger partial charge in [0.05, 0.1) is 19.3 Å². The van der Waals surface area contributed by atoms with Crippen molar-refractivity contribution in [3.05, 3.63) is 60.7 Å². The van der Waals surface area contributed by atoms with Crippen LogP contribution < -0.4 is 10.4 Å². The largest absolute Gasteiger partial charge is 0.481 e. The number of aliphatic carboxylic acids is 1. The lowest BCUT2D eigenvalue weighted by Crippen LogP contribution is -2.68. The Morgan fingerprint density at radius 1 is 0.896 bits per heavy atom. The third-order valence-electron chi connectivity index (χ3n) is 14.4. The quantitative estimate of drug-likeness (QED) is 0.236. The van der Waals surface area contributed by atoms with Crippen molar-refractivity contribution >= 4 is 24.7 Å². The molecule has 4 aliphatic rings. The average Bonchev–Trinajstić information content (AvgIpc) is 3.42. The summed E-state index contributed by atoms with van der Waals surface area (Å²) in [6.45, 7) is 15.1. The van der Waals surface area contributed by atoms with E-state index >= 15 is 0 Å². The van der Waals surface area contributed by atoms with E-state index < -0.39 is 14.3 Å². The molecule has 4 saturated carbocycles. The first-order valence-electron chi connectivity index (χ1n) is 19.1. The molecule has 6 heteroatoms. The second-order valence-corrected chi connectivity index (χ2v) is 21.9. The topological polar surface area (TPSA) is 76.0 Å². The zero-order chi connectivity index (χ0) is 34.3. The Kier molecular flexibility index (Phi) is 10.4. The predicted octanol–water partition coefficient (Wildman–Crippen LogP) is 8.08. The second-order valence-electron chi connectivity index (χ2n) is 17.7. The highest BCUT2D eigenvalue weighted by Gasteiger charge is 2.64. The first-order chi connectivity index (χ1) is 22.8. The van der Waals surface area contributed by atoms with Gasteiger partial charge in [-0.1, -0.05) is 102 Å². The van der Waals surface area contributed by atoms with Gasteiger partial charge >= 0.3 is 5.97 Å². The van der Waals surface area contributed by atoms with Crippen molar-refractivity contribution in [2.45, 2.75) is 123 Å². The maximum absolute atomic E-state index is 11.4. The molecule has 0 spiro atoms. The van der Waals surface area contributed by atoms with E-state index in [0.717, 1.165) is 25.7 Å². The van der Waals surface area contributed by atoms with E-state index in [1.807, 2.05) is 0 Å². The van der Waals surface area contributed by atoms with E-state index in [1.165, 1.54) is 42.5 Å². The smallest absolute Gasteiger partial charge is 0.303 e. The van der Waals surface area contributed by atoms with Gasteiger partial charge in [0, 0.05) is 12.5 Å². The Morgan fingerprint density at radius 2 is 1.50 bits per heavy atom. The molecule has 0 amide bonds. The fourth-order valence-electron chi connectivity index (χ4n) is 12.1. The second kappa shape index (κ2) is 14.0. The summed E-state index contributed by atoms with van der Waals surface area (Å²) in [6, 6.07) is 22.1. The molecular formula is C42H62O5Si.